The number of hydrogen-bond acceptors (Lipinski definition) is 4. The summed E-state index contributed by atoms with van der Waals surface area (Å²) >= 11 is 0.940. The highest BCUT2D eigenvalue weighted by molar-refractivity contribution is 8.03. The number of nitrogens with zero attached hydrogens (tertiary/aromatic N) is 2. The van der Waals surface area contributed by atoms with Crippen molar-refractivity contribution in [2.45, 2.75) is 30.2 Å². The molecule has 0 N–H and O–H groups in total. The van der Waals surface area contributed by atoms with Crippen molar-refractivity contribution in [2.24, 2.45) is 0 Å². The number of methoxy groups -OCH3 is 1. The summed E-state index contributed by atoms with van der Waals surface area (Å²) in [5.74, 6) is 0.572. The van der Waals surface area contributed by atoms with Crippen LogP contribution in [-0.4, -0.2) is 18.3 Å². The maximum atomic E-state index is 12.0. The number of nitriles is 1. The highest BCUT2D eigenvalue weighted by Gasteiger charge is 2.25. The van der Waals surface area contributed by atoms with Crippen molar-refractivity contribution >= 4 is 11.8 Å². The number of thioether (sulfide) groups is 1. The molecule has 0 amide bonds. The fourth-order valence-electron chi connectivity index (χ4n) is 1.75. The van der Waals surface area contributed by atoms with Crippen LogP contribution < -0.4 is 5.56 Å². The van der Waals surface area contributed by atoms with E-state index in [0.29, 0.717) is 24.0 Å². The lowest BCUT2D eigenvalue weighted by Gasteiger charge is -2.09. The molecule has 2 rings (SSSR count). The van der Waals surface area contributed by atoms with E-state index >= 15 is 0 Å². The molecule has 1 fully saturated rings. The van der Waals surface area contributed by atoms with Gasteiger partial charge in [0.2, 0.25) is 0 Å². The zero-order valence-electron chi connectivity index (χ0n) is 9.68. The van der Waals surface area contributed by atoms with Crippen LogP contribution in [-0.2, 0) is 11.3 Å². The minimum absolute atomic E-state index is 0.0991. The van der Waals surface area contributed by atoms with Gasteiger partial charge in [-0.2, -0.15) is 5.26 Å². The van der Waals surface area contributed by atoms with Gasteiger partial charge >= 0.3 is 0 Å². The van der Waals surface area contributed by atoms with Crippen LogP contribution in [0.15, 0.2) is 22.0 Å². The van der Waals surface area contributed by atoms with Crippen molar-refractivity contribution in [1.82, 2.24) is 4.57 Å². The number of ether oxygens (including phenoxy) is 1. The first kappa shape index (κ1) is 12.2. The minimum atomic E-state index is -0.0991. The molecule has 0 saturated heterocycles. The van der Waals surface area contributed by atoms with Crippen LogP contribution in [0, 0.1) is 10.7 Å². The van der Waals surface area contributed by atoms with Crippen LogP contribution in [0.25, 0.3) is 0 Å². The van der Waals surface area contributed by atoms with Gasteiger partial charge in [0, 0.05) is 19.9 Å². The van der Waals surface area contributed by atoms with Gasteiger partial charge in [0.1, 0.15) is 5.40 Å². The van der Waals surface area contributed by atoms with Gasteiger partial charge in [-0.05, 0) is 42.2 Å². The minimum Gasteiger partial charge on any atom is -0.383 e. The Morgan fingerprint density at radius 1 is 1.65 bits per heavy atom. The number of thiocyanates is 1. The molecule has 0 aliphatic heterocycles. The quantitative estimate of drug-likeness (QED) is 0.592. The van der Waals surface area contributed by atoms with E-state index in [2.05, 4.69) is 0 Å². The lowest BCUT2D eigenvalue weighted by atomic mass is 10.2. The predicted octanol–water partition coefficient (Wildman–Crippen LogP) is 1.95. The first-order valence-corrected chi connectivity index (χ1v) is 6.37. The second kappa shape index (κ2) is 5.39. The summed E-state index contributed by atoms with van der Waals surface area (Å²) < 4.78 is 6.63. The highest BCUT2D eigenvalue weighted by atomic mass is 32.2. The van der Waals surface area contributed by atoms with Gasteiger partial charge in [0.05, 0.1) is 11.5 Å². The molecular formula is C12H14N2O2S. The van der Waals surface area contributed by atoms with Crippen LogP contribution in [0.3, 0.4) is 0 Å². The summed E-state index contributed by atoms with van der Waals surface area (Å²) in [6, 6.07) is 1.86. The average Bonchev–Trinajstić information content (AvgIpc) is 3.14. The third-order valence-corrected chi connectivity index (χ3v) is 3.42. The number of rotatable bonds is 5. The summed E-state index contributed by atoms with van der Waals surface area (Å²) in [6.07, 6.45) is 4.26. The Balaban J connectivity index is 2.34. The Labute approximate surface area is 104 Å². The zero-order valence-corrected chi connectivity index (χ0v) is 10.5. The first-order chi connectivity index (χ1) is 8.26. The molecule has 1 aliphatic rings. The van der Waals surface area contributed by atoms with Crippen molar-refractivity contribution in [3.05, 3.63) is 28.2 Å². The molecule has 1 aromatic heterocycles. The van der Waals surface area contributed by atoms with E-state index in [0.717, 1.165) is 11.8 Å². The molecule has 17 heavy (non-hydrogen) atoms. The van der Waals surface area contributed by atoms with Crippen LogP contribution in [0.4, 0.5) is 0 Å². The summed E-state index contributed by atoms with van der Waals surface area (Å²) in [5.41, 5.74) is 1.07. The van der Waals surface area contributed by atoms with Crippen LogP contribution in [0.1, 0.15) is 24.3 Å². The number of aromatic nitrogens is 1. The highest BCUT2D eigenvalue weighted by Crippen LogP contribution is 2.40. The largest absolute Gasteiger partial charge is 0.383 e. The number of hydrogen-bond donors (Lipinski definition) is 0. The number of pyridine rings is 1. The molecule has 1 aliphatic carbocycles. The van der Waals surface area contributed by atoms with Crippen LogP contribution >= 0.6 is 11.8 Å². The smallest absolute Gasteiger partial charge is 0.265 e. The molecular weight excluding hydrogens is 236 g/mol. The molecule has 0 aromatic carbocycles. The van der Waals surface area contributed by atoms with Crippen molar-refractivity contribution in [1.29, 1.82) is 5.26 Å². The van der Waals surface area contributed by atoms with Crippen molar-refractivity contribution in [3.63, 3.8) is 0 Å². The van der Waals surface area contributed by atoms with Gasteiger partial charge in [-0.3, -0.25) is 4.79 Å². The Hall–Kier alpha value is -1.25. The van der Waals surface area contributed by atoms with Crippen LogP contribution in [0.2, 0.25) is 0 Å². The lowest BCUT2D eigenvalue weighted by Crippen LogP contribution is -2.23. The van der Waals surface area contributed by atoms with E-state index in [4.69, 9.17) is 10.00 Å². The Bertz CT molecular complexity index is 500. The first-order valence-electron chi connectivity index (χ1n) is 5.55. The molecule has 0 atom stereocenters. The standard InChI is InChI=1S/C12H14N2O2S/c1-16-5-4-14-7-10(9-2-3-9)6-11(12(14)15)17-8-13/h6-7,9H,2-5H2,1H3. The van der Waals surface area contributed by atoms with E-state index in [9.17, 15) is 4.79 Å². The van der Waals surface area contributed by atoms with E-state index in [-0.39, 0.29) is 5.56 Å². The Morgan fingerprint density at radius 2 is 2.41 bits per heavy atom. The molecule has 0 spiro atoms. The van der Waals surface area contributed by atoms with Gasteiger partial charge < -0.3 is 9.30 Å². The van der Waals surface area contributed by atoms with E-state index in [1.54, 1.807) is 11.7 Å². The molecule has 1 heterocycles. The van der Waals surface area contributed by atoms with Gasteiger partial charge in [-0.1, -0.05) is 0 Å². The van der Waals surface area contributed by atoms with Gasteiger partial charge in [0.25, 0.3) is 5.56 Å². The normalized spacial score (nSPS) is 14.6. The maximum absolute atomic E-state index is 12.0. The van der Waals surface area contributed by atoms with Crippen molar-refractivity contribution < 1.29 is 4.74 Å². The van der Waals surface area contributed by atoms with Crippen molar-refractivity contribution in [3.8, 4) is 5.40 Å². The van der Waals surface area contributed by atoms with Crippen LogP contribution in [0.5, 0.6) is 0 Å². The topological polar surface area (TPSA) is 55.0 Å². The third-order valence-electron chi connectivity index (χ3n) is 2.81. The van der Waals surface area contributed by atoms with Gasteiger partial charge in [0.15, 0.2) is 0 Å². The monoisotopic (exact) mass is 250 g/mol. The summed E-state index contributed by atoms with van der Waals surface area (Å²) in [4.78, 5) is 12.5. The molecule has 0 unspecified atom stereocenters. The molecule has 1 aromatic rings. The zero-order chi connectivity index (χ0) is 12.3. The summed E-state index contributed by atoms with van der Waals surface area (Å²) in [6.45, 7) is 1.04. The maximum Gasteiger partial charge on any atom is 0.265 e. The van der Waals surface area contributed by atoms with E-state index in [1.165, 1.54) is 18.4 Å². The van der Waals surface area contributed by atoms with E-state index < -0.39 is 0 Å². The molecule has 0 bridgehead atoms. The van der Waals surface area contributed by atoms with Gasteiger partial charge in [-0.25, -0.2) is 0 Å². The lowest BCUT2D eigenvalue weighted by molar-refractivity contribution is 0.186. The average molecular weight is 250 g/mol. The predicted molar refractivity (Wildman–Crippen MR) is 66.0 cm³/mol. The molecule has 90 valence electrons. The SMILES string of the molecule is COCCn1cc(C2CC2)cc(SC#N)c1=O. The fraction of sp³-hybridized carbons (Fsp3) is 0.500. The second-order valence-corrected chi connectivity index (χ2v) is 4.92. The van der Waals surface area contributed by atoms with Gasteiger partial charge in [-0.15, -0.1) is 0 Å². The summed E-state index contributed by atoms with van der Waals surface area (Å²) in [5, 5.41) is 10.7. The fourth-order valence-corrected chi connectivity index (χ4v) is 2.25. The molecule has 0 radical (unpaired) electrons. The molecule has 4 nitrogen and oxygen atoms in total. The summed E-state index contributed by atoms with van der Waals surface area (Å²) in [7, 11) is 1.61. The Kier molecular flexibility index (Phi) is 3.87. The Morgan fingerprint density at radius 3 is 3.00 bits per heavy atom. The van der Waals surface area contributed by atoms with E-state index in [1.807, 2.05) is 17.7 Å². The third kappa shape index (κ3) is 2.90. The second-order valence-electron chi connectivity index (χ2n) is 4.10. The molecule has 5 heteroatoms. The molecule has 1 saturated carbocycles. The van der Waals surface area contributed by atoms with Crippen molar-refractivity contribution in [2.75, 3.05) is 13.7 Å².